The number of anilines is 1. The zero-order chi connectivity index (χ0) is 24.0. The Morgan fingerprint density at radius 1 is 0.758 bits per heavy atom. The fourth-order valence-corrected chi connectivity index (χ4v) is 3.43. The van der Waals surface area contributed by atoms with E-state index in [0.717, 1.165) is 0 Å². The quantitative estimate of drug-likeness (QED) is 0.488. The number of benzene rings is 2. The van der Waals surface area contributed by atoms with E-state index in [9.17, 15) is 14.4 Å². The summed E-state index contributed by atoms with van der Waals surface area (Å²) in [5, 5.41) is 0. The summed E-state index contributed by atoms with van der Waals surface area (Å²) in [5.41, 5.74) is 1.81. The Kier molecular flexibility index (Phi) is 7.30. The lowest BCUT2D eigenvalue weighted by Crippen LogP contribution is -2.27. The molecule has 0 amide bonds. The second kappa shape index (κ2) is 10.3. The molecule has 3 rings (SSSR count). The molecule has 8 nitrogen and oxygen atoms in total. The van der Waals surface area contributed by atoms with Crippen molar-refractivity contribution in [3.8, 4) is 16.9 Å². The van der Waals surface area contributed by atoms with Crippen LogP contribution in [0.3, 0.4) is 0 Å². The Morgan fingerprint density at radius 2 is 1.42 bits per heavy atom. The van der Waals surface area contributed by atoms with Crippen LogP contribution in [0.4, 0.5) is 5.69 Å². The van der Waals surface area contributed by atoms with E-state index in [4.69, 9.17) is 18.9 Å². The molecular weight excluding hydrogens is 426 g/mol. The Morgan fingerprint density at radius 3 is 2.03 bits per heavy atom. The highest BCUT2D eigenvalue weighted by molar-refractivity contribution is 6.08. The van der Waals surface area contributed by atoms with E-state index in [-0.39, 0.29) is 16.8 Å². The number of allylic oxidation sites excluding steroid dienone is 2. The third-order valence-electron chi connectivity index (χ3n) is 4.98. The highest BCUT2D eigenvalue weighted by atomic mass is 16.5. The van der Waals surface area contributed by atoms with Gasteiger partial charge in [-0.2, -0.15) is 0 Å². The first kappa shape index (κ1) is 23.3. The molecule has 2 aromatic rings. The number of rotatable bonds is 6. The molecule has 1 aliphatic rings. The normalized spacial score (nSPS) is 12.8. The third kappa shape index (κ3) is 4.64. The van der Waals surface area contributed by atoms with Gasteiger partial charge in [0.1, 0.15) is 11.4 Å². The molecule has 0 bridgehead atoms. The van der Waals surface area contributed by atoms with E-state index in [2.05, 4.69) is 0 Å². The van der Waals surface area contributed by atoms with Crippen molar-refractivity contribution in [1.29, 1.82) is 0 Å². The van der Waals surface area contributed by atoms with Crippen molar-refractivity contribution in [2.24, 2.45) is 0 Å². The van der Waals surface area contributed by atoms with Gasteiger partial charge in [-0.1, -0.05) is 24.3 Å². The zero-order valence-corrected chi connectivity index (χ0v) is 18.7. The molecule has 0 unspecified atom stereocenters. The van der Waals surface area contributed by atoms with E-state index in [0.29, 0.717) is 22.6 Å². The number of methoxy groups -OCH3 is 4. The zero-order valence-electron chi connectivity index (χ0n) is 18.7. The lowest BCUT2D eigenvalue weighted by Gasteiger charge is -2.26. The van der Waals surface area contributed by atoms with Gasteiger partial charge in [0, 0.05) is 11.8 Å². The molecular formula is C25H23NO7. The molecule has 33 heavy (non-hydrogen) atoms. The van der Waals surface area contributed by atoms with E-state index < -0.39 is 17.9 Å². The molecule has 0 aliphatic carbocycles. The van der Waals surface area contributed by atoms with Crippen molar-refractivity contribution in [2.75, 3.05) is 33.3 Å². The number of hydrogen-bond donors (Lipinski definition) is 0. The molecule has 2 aromatic carbocycles. The number of nitrogens with zero attached hydrogens (tertiary/aromatic N) is 1. The Labute approximate surface area is 191 Å². The summed E-state index contributed by atoms with van der Waals surface area (Å²) in [6.45, 7) is 0. The number of ether oxygens (including phenoxy) is 4. The first-order chi connectivity index (χ1) is 16.0. The van der Waals surface area contributed by atoms with Crippen molar-refractivity contribution >= 4 is 23.6 Å². The van der Waals surface area contributed by atoms with Crippen LogP contribution in [-0.4, -0.2) is 46.3 Å². The van der Waals surface area contributed by atoms with Crippen molar-refractivity contribution < 1.29 is 33.3 Å². The van der Waals surface area contributed by atoms with Crippen LogP contribution in [-0.2, 0) is 23.8 Å². The van der Waals surface area contributed by atoms with E-state index in [1.54, 1.807) is 67.9 Å². The molecule has 0 fully saturated rings. The Balaban J connectivity index is 2.35. The lowest BCUT2D eigenvalue weighted by molar-refractivity contribution is -0.139. The van der Waals surface area contributed by atoms with Crippen LogP contribution in [0.5, 0.6) is 5.75 Å². The smallest absolute Gasteiger partial charge is 0.355 e. The lowest BCUT2D eigenvalue weighted by atomic mass is 9.96. The predicted octanol–water partition coefficient (Wildman–Crippen LogP) is 3.64. The Bertz CT molecular complexity index is 1160. The second-order valence-corrected chi connectivity index (χ2v) is 6.74. The van der Waals surface area contributed by atoms with Crippen LogP contribution < -0.4 is 9.64 Å². The summed E-state index contributed by atoms with van der Waals surface area (Å²) in [7, 11) is 5.29. The van der Waals surface area contributed by atoms with Crippen LogP contribution in [0, 0.1) is 0 Å². The number of hydrogen-bond acceptors (Lipinski definition) is 8. The molecule has 1 heterocycles. The summed E-state index contributed by atoms with van der Waals surface area (Å²) in [4.78, 5) is 39.5. The maximum absolute atomic E-state index is 12.8. The molecule has 0 atom stereocenters. The van der Waals surface area contributed by atoms with E-state index in [1.165, 1.54) is 32.3 Å². The van der Waals surface area contributed by atoms with Gasteiger partial charge in [-0.05, 0) is 42.0 Å². The van der Waals surface area contributed by atoms with Crippen LogP contribution in [0.25, 0.3) is 11.1 Å². The summed E-state index contributed by atoms with van der Waals surface area (Å²) in [6, 6.07) is 12.1. The topological polar surface area (TPSA) is 91.4 Å². The van der Waals surface area contributed by atoms with Crippen molar-refractivity contribution in [3.05, 3.63) is 83.7 Å². The number of esters is 3. The third-order valence-corrected chi connectivity index (χ3v) is 4.98. The molecule has 0 N–H and O–H groups in total. The molecule has 0 saturated carbocycles. The van der Waals surface area contributed by atoms with Crippen LogP contribution >= 0.6 is 0 Å². The standard InChI is InChI=1S/C25H23NO7/c1-30-17-13-11-16(12-14-17)21-18(23(27)31-2)9-7-10-20(21)26-15-6-5-8-19(24(28)32-3)22(26)25(29)33-4/h5-15H,1-4H3. The van der Waals surface area contributed by atoms with Crippen molar-refractivity contribution in [1.82, 2.24) is 0 Å². The second-order valence-electron chi connectivity index (χ2n) is 6.74. The SMILES string of the molecule is COC(=O)C1=C(C(=O)OC)N(c2cccc(C(=O)OC)c2-c2ccc(OC)cc2)C=CC=C1. The van der Waals surface area contributed by atoms with Gasteiger partial charge in [-0.15, -0.1) is 0 Å². The molecule has 8 heteroatoms. The minimum absolute atomic E-state index is 0.00139. The van der Waals surface area contributed by atoms with Crippen molar-refractivity contribution in [2.45, 2.75) is 0 Å². The molecule has 0 aromatic heterocycles. The highest BCUT2D eigenvalue weighted by Gasteiger charge is 2.30. The average molecular weight is 449 g/mol. The number of carbonyl (C=O) groups excluding carboxylic acids is 3. The van der Waals surface area contributed by atoms with Gasteiger partial charge in [0.15, 0.2) is 0 Å². The first-order valence-electron chi connectivity index (χ1n) is 9.87. The van der Waals surface area contributed by atoms with Gasteiger partial charge in [-0.25, -0.2) is 14.4 Å². The highest BCUT2D eigenvalue weighted by Crippen LogP contribution is 2.38. The Hall–Kier alpha value is -4.33. The molecule has 0 radical (unpaired) electrons. The maximum atomic E-state index is 12.8. The average Bonchev–Trinajstić information content (AvgIpc) is 3.09. The van der Waals surface area contributed by atoms with Crippen LogP contribution in [0.1, 0.15) is 10.4 Å². The fourth-order valence-electron chi connectivity index (χ4n) is 3.43. The summed E-state index contributed by atoms with van der Waals surface area (Å²) < 4.78 is 20.1. The monoisotopic (exact) mass is 449 g/mol. The van der Waals surface area contributed by atoms with E-state index in [1.807, 2.05) is 0 Å². The van der Waals surface area contributed by atoms with Crippen LogP contribution in [0.2, 0.25) is 0 Å². The van der Waals surface area contributed by atoms with Gasteiger partial charge in [0.2, 0.25) is 0 Å². The van der Waals surface area contributed by atoms with Crippen molar-refractivity contribution in [3.63, 3.8) is 0 Å². The fraction of sp³-hybridized carbons (Fsp3) is 0.160. The predicted molar refractivity (Wildman–Crippen MR) is 122 cm³/mol. The summed E-state index contributed by atoms with van der Waals surface area (Å²) in [5.74, 6) is -1.39. The van der Waals surface area contributed by atoms with Crippen LogP contribution in [0.15, 0.2) is 78.2 Å². The summed E-state index contributed by atoms with van der Waals surface area (Å²) in [6.07, 6.45) is 6.32. The molecule has 1 aliphatic heterocycles. The molecule has 0 saturated heterocycles. The summed E-state index contributed by atoms with van der Waals surface area (Å²) >= 11 is 0. The first-order valence-corrected chi connectivity index (χ1v) is 9.87. The molecule has 0 spiro atoms. The number of carbonyl (C=O) groups is 3. The van der Waals surface area contributed by atoms with Gasteiger partial charge in [0.25, 0.3) is 0 Å². The minimum atomic E-state index is -0.754. The van der Waals surface area contributed by atoms with Gasteiger partial charge in [0.05, 0.1) is 45.3 Å². The maximum Gasteiger partial charge on any atom is 0.355 e. The van der Waals surface area contributed by atoms with Gasteiger partial charge >= 0.3 is 17.9 Å². The van der Waals surface area contributed by atoms with E-state index >= 15 is 0 Å². The van der Waals surface area contributed by atoms with Gasteiger partial charge < -0.3 is 23.8 Å². The minimum Gasteiger partial charge on any atom is -0.497 e. The largest absolute Gasteiger partial charge is 0.497 e. The van der Waals surface area contributed by atoms with Gasteiger partial charge in [-0.3, -0.25) is 0 Å². The molecule has 170 valence electrons.